The maximum Gasteiger partial charge on any atom is 0.242 e. The average Bonchev–Trinajstić information content (AvgIpc) is 2.71. The van der Waals surface area contributed by atoms with Crippen LogP contribution in [0.4, 0.5) is 0 Å². The maximum absolute atomic E-state index is 12.9. The molecule has 2 rings (SSSR count). The standard InChI is InChI=1S/C22H28N2O3/c1-18(22(26)23-15-16-27-2)24(17-20-11-7-4-8-12-20)21(25)14-13-19-9-5-3-6-10-19/h3-12,18H,13-17H2,1-2H3,(H,23,26). The van der Waals surface area contributed by atoms with Gasteiger partial charge in [0, 0.05) is 26.6 Å². The van der Waals surface area contributed by atoms with Crippen LogP contribution < -0.4 is 5.32 Å². The monoisotopic (exact) mass is 368 g/mol. The highest BCUT2D eigenvalue weighted by molar-refractivity contribution is 5.87. The van der Waals surface area contributed by atoms with E-state index in [9.17, 15) is 9.59 Å². The third-order valence-corrected chi connectivity index (χ3v) is 4.44. The summed E-state index contributed by atoms with van der Waals surface area (Å²) < 4.78 is 4.97. The number of aryl methyl sites for hydroxylation is 1. The molecular formula is C22H28N2O3. The summed E-state index contributed by atoms with van der Waals surface area (Å²) in [5.74, 6) is -0.201. The molecule has 2 aromatic carbocycles. The van der Waals surface area contributed by atoms with Gasteiger partial charge in [0.25, 0.3) is 0 Å². The molecular weight excluding hydrogens is 340 g/mol. The largest absolute Gasteiger partial charge is 0.383 e. The predicted molar refractivity (Wildman–Crippen MR) is 106 cm³/mol. The molecule has 0 aliphatic carbocycles. The van der Waals surface area contributed by atoms with E-state index >= 15 is 0 Å². The molecule has 0 bridgehead atoms. The Morgan fingerprint density at radius 1 is 1.00 bits per heavy atom. The van der Waals surface area contributed by atoms with Gasteiger partial charge in [-0.2, -0.15) is 0 Å². The maximum atomic E-state index is 12.9. The van der Waals surface area contributed by atoms with Crippen molar-refractivity contribution < 1.29 is 14.3 Å². The Morgan fingerprint density at radius 2 is 1.59 bits per heavy atom. The van der Waals surface area contributed by atoms with Crippen LogP contribution in [0.2, 0.25) is 0 Å². The number of hydrogen-bond donors (Lipinski definition) is 1. The zero-order chi connectivity index (χ0) is 19.5. The molecule has 1 unspecified atom stereocenters. The number of ether oxygens (including phenoxy) is 1. The first-order valence-electron chi connectivity index (χ1n) is 9.25. The number of methoxy groups -OCH3 is 1. The van der Waals surface area contributed by atoms with Crippen LogP contribution in [-0.2, 0) is 27.3 Å². The van der Waals surface area contributed by atoms with E-state index in [4.69, 9.17) is 4.74 Å². The summed E-state index contributed by atoms with van der Waals surface area (Å²) in [6.07, 6.45) is 1.02. The van der Waals surface area contributed by atoms with Crippen LogP contribution in [0.15, 0.2) is 60.7 Å². The number of benzene rings is 2. The first-order chi connectivity index (χ1) is 13.1. The molecule has 0 saturated heterocycles. The summed E-state index contributed by atoms with van der Waals surface area (Å²) in [6.45, 7) is 3.05. The van der Waals surface area contributed by atoms with Crippen LogP contribution in [0.25, 0.3) is 0 Å². The van der Waals surface area contributed by atoms with Gasteiger partial charge in [0.05, 0.1) is 6.61 Å². The normalized spacial score (nSPS) is 11.6. The van der Waals surface area contributed by atoms with Gasteiger partial charge in [0.15, 0.2) is 0 Å². The number of nitrogens with zero attached hydrogens (tertiary/aromatic N) is 1. The Morgan fingerprint density at radius 3 is 2.19 bits per heavy atom. The van der Waals surface area contributed by atoms with E-state index < -0.39 is 6.04 Å². The first-order valence-corrected chi connectivity index (χ1v) is 9.25. The molecule has 0 fully saturated rings. The minimum atomic E-state index is -0.551. The summed E-state index contributed by atoms with van der Waals surface area (Å²) in [5.41, 5.74) is 2.12. The lowest BCUT2D eigenvalue weighted by Crippen LogP contribution is -2.48. The highest BCUT2D eigenvalue weighted by Gasteiger charge is 2.25. The first kappa shape index (κ1) is 20.6. The van der Waals surface area contributed by atoms with Gasteiger partial charge in [-0.3, -0.25) is 9.59 Å². The second kappa shape index (κ2) is 11.1. The molecule has 0 aliphatic rings. The van der Waals surface area contributed by atoms with Crippen molar-refractivity contribution >= 4 is 11.8 Å². The molecule has 0 radical (unpaired) electrons. The number of carbonyl (C=O) groups is 2. The van der Waals surface area contributed by atoms with E-state index in [0.29, 0.717) is 32.5 Å². The van der Waals surface area contributed by atoms with E-state index in [1.165, 1.54) is 0 Å². The number of nitrogens with one attached hydrogen (secondary N) is 1. The van der Waals surface area contributed by atoms with E-state index in [1.54, 1.807) is 18.9 Å². The Balaban J connectivity index is 2.05. The number of rotatable bonds is 10. The Hall–Kier alpha value is -2.66. The molecule has 1 atom stereocenters. The molecule has 0 aromatic heterocycles. The van der Waals surface area contributed by atoms with Crippen LogP contribution in [-0.4, -0.2) is 43.0 Å². The fourth-order valence-corrected chi connectivity index (χ4v) is 2.83. The van der Waals surface area contributed by atoms with Gasteiger partial charge in [-0.15, -0.1) is 0 Å². The minimum absolute atomic E-state index is 0.0305. The van der Waals surface area contributed by atoms with Crippen LogP contribution >= 0.6 is 0 Å². The second-order valence-corrected chi connectivity index (χ2v) is 6.45. The van der Waals surface area contributed by atoms with Crippen LogP contribution in [0.3, 0.4) is 0 Å². The third-order valence-electron chi connectivity index (χ3n) is 4.44. The van der Waals surface area contributed by atoms with E-state index in [0.717, 1.165) is 11.1 Å². The van der Waals surface area contributed by atoms with Crippen molar-refractivity contribution in [1.29, 1.82) is 0 Å². The van der Waals surface area contributed by atoms with Crippen molar-refractivity contribution in [3.05, 3.63) is 71.8 Å². The highest BCUT2D eigenvalue weighted by Crippen LogP contribution is 2.13. The van der Waals surface area contributed by atoms with Crippen molar-refractivity contribution in [2.75, 3.05) is 20.3 Å². The lowest BCUT2D eigenvalue weighted by Gasteiger charge is -2.29. The van der Waals surface area contributed by atoms with Crippen LogP contribution in [0.5, 0.6) is 0 Å². The lowest BCUT2D eigenvalue weighted by atomic mass is 10.1. The predicted octanol–water partition coefficient (Wildman–Crippen LogP) is 2.80. The summed E-state index contributed by atoms with van der Waals surface area (Å²) in [4.78, 5) is 27.0. The Labute approximate surface area is 161 Å². The number of carbonyl (C=O) groups excluding carboxylic acids is 2. The van der Waals surface area contributed by atoms with Crippen molar-refractivity contribution in [2.45, 2.75) is 32.4 Å². The van der Waals surface area contributed by atoms with Gasteiger partial charge >= 0.3 is 0 Å². The average molecular weight is 368 g/mol. The Kier molecular flexibility index (Phi) is 8.52. The van der Waals surface area contributed by atoms with E-state index in [2.05, 4.69) is 5.32 Å². The molecule has 2 aromatic rings. The SMILES string of the molecule is COCCNC(=O)C(C)N(Cc1ccccc1)C(=O)CCc1ccccc1. The zero-order valence-electron chi connectivity index (χ0n) is 16.1. The molecule has 5 heteroatoms. The quantitative estimate of drug-likeness (QED) is 0.656. The fraction of sp³-hybridized carbons (Fsp3) is 0.364. The Bertz CT molecular complexity index is 704. The molecule has 0 spiro atoms. The molecule has 144 valence electrons. The van der Waals surface area contributed by atoms with E-state index in [-0.39, 0.29) is 11.8 Å². The van der Waals surface area contributed by atoms with Crippen molar-refractivity contribution in [3.63, 3.8) is 0 Å². The second-order valence-electron chi connectivity index (χ2n) is 6.45. The van der Waals surface area contributed by atoms with Gasteiger partial charge < -0.3 is 15.0 Å². The van der Waals surface area contributed by atoms with Crippen molar-refractivity contribution in [1.82, 2.24) is 10.2 Å². The topological polar surface area (TPSA) is 58.6 Å². The third kappa shape index (κ3) is 6.87. The zero-order valence-corrected chi connectivity index (χ0v) is 16.1. The highest BCUT2D eigenvalue weighted by atomic mass is 16.5. The summed E-state index contributed by atoms with van der Waals surface area (Å²) >= 11 is 0. The van der Waals surface area contributed by atoms with E-state index in [1.807, 2.05) is 60.7 Å². The van der Waals surface area contributed by atoms with Gasteiger partial charge in [-0.25, -0.2) is 0 Å². The van der Waals surface area contributed by atoms with Gasteiger partial charge in [-0.05, 0) is 24.5 Å². The lowest BCUT2D eigenvalue weighted by molar-refractivity contribution is -0.140. The molecule has 5 nitrogen and oxygen atoms in total. The fourth-order valence-electron chi connectivity index (χ4n) is 2.83. The van der Waals surface area contributed by atoms with Gasteiger partial charge in [-0.1, -0.05) is 60.7 Å². The number of amides is 2. The molecule has 27 heavy (non-hydrogen) atoms. The van der Waals surface area contributed by atoms with Gasteiger partial charge in [0.2, 0.25) is 11.8 Å². The van der Waals surface area contributed by atoms with Gasteiger partial charge in [0.1, 0.15) is 6.04 Å². The van der Waals surface area contributed by atoms with Crippen molar-refractivity contribution in [3.8, 4) is 0 Å². The molecule has 0 heterocycles. The molecule has 1 N–H and O–H groups in total. The number of hydrogen-bond acceptors (Lipinski definition) is 3. The molecule has 0 aliphatic heterocycles. The smallest absolute Gasteiger partial charge is 0.242 e. The summed E-state index contributed by atoms with van der Waals surface area (Å²) in [6, 6.07) is 19.1. The molecule has 2 amide bonds. The summed E-state index contributed by atoms with van der Waals surface area (Å²) in [5, 5.41) is 2.82. The minimum Gasteiger partial charge on any atom is -0.383 e. The van der Waals surface area contributed by atoms with Crippen LogP contribution in [0.1, 0.15) is 24.5 Å². The summed E-state index contributed by atoms with van der Waals surface area (Å²) in [7, 11) is 1.59. The van der Waals surface area contributed by atoms with Crippen LogP contribution in [0, 0.1) is 0 Å². The molecule has 0 saturated carbocycles. The van der Waals surface area contributed by atoms with Crippen molar-refractivity contribution in [2.24, 2.45) is 0 Å².